The van der Waals surface area contributed by atoms with Crippen molar-refractivity contribution >= 4 is 29.3 Å². The predicted molar refractivity (Wildman–Crippen MR) is 156 cm³/mol. The zero-order chi connectivity index (χ0) is 27.8. The van der Waals surface area contributed by atoms with Crippen molar-refractivity contribution in [3.05, 3.63) is 70.8 Å². The van der Waals surface area contributed by atoms with Crippen molar-refractivity contribution in [2.75, 3.05) is 26.2 Å². The average molecular weight is 568 g/mol. The molecule has 0 spiro atoms. The second-order valence-electron chi connectivity index (χ2n) is 9.22. The highest BCUT2D eigenvalue weighted by molar-refractivity contribution is 7.98. The normalized spacial score (nSPS) is 12.8. The molecule has 0 unspecified atom stereocenters. The van der Waals surface area contributed by atoms with Crippen LogP contribution >= 0.6 is 23.4 Å². The quantitative estimate of drug-likeness (QED) is 0.214. The lowest BCUT2D eigenvalue weighted by Gasteiger charge is -2.32. The number of benzene rings is 2. The Morgan fingerprint density at radius 1 is 1.18 bits per heavy atom. The van der Waals surface area contributed by atoms with E-state index in [2.05, 4.69) is 61.7 Å². The number of thioether (sulfide) groups is 1. The van der Waals surface area contributed by atoms with Crippen LogP contribution in [0.1, 0.15) is 43.3 Å². The molecule has 0 aliphatic rings. The number of nitrogens with one attached hydrogen (secondary N) is 2. The van der Waals surface area contributed by atoms with Crippen LogP contribution in [0.2, 0.25) is 5.15 Å². The molecule has 2 aromatic heterocycles. The summed E-state index contributed by atoms with van der Waals surface area (Å²) in [5.74, 6) is 1.77. The fraction of sp³-hybridized carbons (Fsp3) is 0.393. The Balaban J connectivity index is 1.75. The molecule has 0 aliphatic heterocycles. The Kier molecular flexibility index (Phi) is 9.77. The number of H-pyrrole nitrogens is 1. The first-order valence-corrected chi connectivity index (χ1v) is 14.7. The van der Waals surface area contributed by atoms with Gasteiger partial charge in [0.05, 0.1) is 12.8 Å². The maximum atomic E-state index is 13.3. The second-order valence-corrected chi connectivity index (χ2v) is 10.6. The van der Waals surface area contributed by atoms with Crippen LogP contribution in [0.4, 0.5) is 0 Å². The van der Waals surface area contributed by atoms with Gasteiger partial charge in [0.1, 0.15) is 5.82 Å². The number of aryl methyl sites for hydroxylation is 1. The van der Waals surface area contributed by atoms with E-state index in [1.54, 1.807) is 18.8 Å². The minimum atomic E-state index is -1.12. The van der Waals surface area contributed by atoms with Gasteiger partial charge in [-0.25, -0.2) is 9.78 Å². The number of ether oxygens (including phenoxy) is 1. The number of carbonyl (C=O) groups is 1. The minimum absolute atomic E-state index is 0.326. The highest BCUT2D eigenvalue weighted by Gasteiger charge is 2.45. The van der Waals surface area contributed by atoms with E-state index in [1.165, 1.54) is 7.11 Å². The molecule has 11 heteroatoms. The summed E-state index contributed by atoms with van der Waals surface area (Å²) in [7, 11) is 3.18. The number of likely N-dealkylation sites (N-methyl/N-ethyl adjacent to an activating group) is 1. The Morgan fingerprint density at radius 3 is 2.54 bits per heavy atom. The van der Waals surface area contributed by atoms with Gasteiger partial charge in [-0.15, -0.1) is 10.2 Å². The molecule has 4 rings (SSSR count). The summed E-state index contributed by atoms with van der Waals surface area (Å²) in [4.78, 5) is 18.0. The minimum Gasteiger partial charge on any atom is -0.467 e. The summed E-state index contributed by atoms with van der Waals surface area (Å²) in [5, 5.41) is 18.1. The number of halogens is 1. The van der Waals surface area contributed by atoms with Gasteiger partial charge in [0.15, 0.2) is 10.7 Å². The number of unbranched alkanes of at least 4 members (excludes halogenated alkanes) is 1. The van der Waals surface area contributed by atoms with Crippen molar-refractivity contribution in [2.45, 2.75) is 44.7 Å². The first kappa shape index (κ1) is 28.8. The van der Waals surface area contributed by atoms with Gasteiger partial charge in [0, 0.05) is 18.5 Å². The number of tetrazole rings is 1. The molecular formula is C28H34ClN7O2S. The second kappa shape index (κ2) is 13.2. The van der Waals surface area contributed by atoms with E-state index in [1.807, 2.05) is 30.5 Å². The van der Waals surface area contributed by atoms with Gasteiger partial charge in [0.25, 0.3) is 0 Å². The zero-order valence-electron chi connectivity index (χ0n) is 22.7. The van der Waals surface area contributed by atoms with Crippen molar-refractivity contribution in [1.29, 1.82) is 0 Å². The number of aromatic nitrogens is 6. The Hall–Kier alpha value is -3.21. The highest BCUT2D eigenvalue weighted by atomic mass is 35.5. The van der Waals surface area contributed by atoms with Gasteiger partial charge >= 0.3 is 5.97 Å². The number of hydrogen-bond donors (Lipinski definition) is 2. The lowest BCUT2D eigenvalue weighted by atomic mass is 9.91. The molecule has 2 heterocycles. The molecule has 1 atom stereocenters. The van der Waals surface area contributed by atoms with E-state index >= 15 is 0 Å². The average Bonchev–Trinajstić information content (AvgIpc) is 3.61. The van der Waals surface area contributed by atoms with E-state index in [0.29, 0.717) is 29.6 Å². The van der Waals surface area contributed by atoms with Gasteiger partial charge in [-0.1, -0.05) is 73.5 Å². The molecule has 4 aromatic rings. The fourth-order valence-corrected chi connectivity index (χ4v) is 5.71. The van der Waals surface area contributed by atoms with E-state index < -0.39 is 5.54 Å². The SMILES string of the molecule is CCCCc1nc(Cl)c([C@@](CCSC)(NC)C(=O)OC)n1Cc1ccc(-c2ccccc2-c2nn[nH]n2)cc1. The number of methoxy groups -OCH3 is 1. The van der Waals surface area contributed by atoms with Crippen molar-refractivity contribution in [3.8, 4) is 22.5 Å². The third kappa shape index (κ3) is 6.03. The van der Waals surface area contributed by atoms with Gasteiger partial charge in [0.2, 0.25) is 5.82 Å². The molecule has 0 saturated heterocycles. The number of nitrogens with zero attached hydrogens (tertiary/aromatic N) is 5. The molecule has 0 radical (unpaired) electrons. The highest BCUT2D eigenvalue weighted by Crippen LogP contribution is 2.36. The number of esters is 1. The Morgan fingerprint density at radius 2 is 1.92 bits per heavy atom. The third-order valence-electron chi connectivity index (χ3n) is 6.92. The zero-order valence-corrected chi connectivity index (χ0v) is 24.3. The molecule has 206 valence electrons. The standard InChI is InChI=1S/C28H34ClN7O2S/c1-5-6-11-23-31-25(29)24(28(30-2,16-17-39-4)27(37)38-3)36(23)18-19-12-14-20(15-13-19)21-9-7-8-10-22(21)26-32-34-35-33-26/h7-10,12-15,30H,5-6,11,16-18H2,1-4H3,(H,32,33,34,35)/t28-/m1/s1. The van der Waals surface area contributed by atoms with Crippen LogP contribution in [-0.4, -0.2) is 62.3 Å². The Labute approximate surface area is 238 Å². The first-order valence-electron chi connectivity index (χ1n) is 12.9. The van der Waals surface area contributed by atoms with Crippen LogP contribution in [-0.2, 0) is 28.0 Å². The summed E-state index contributed by atoms with van der Waals surface area (Å²) in [5.41, 5.74) is 3.53. The molecule has 2 aromatic carbocycles. The van der Waals surface area contributed by atoms with E-state index in [0.717, 1.165) is 53.1 Å². The predicted octanol–water partition coefficient (Wildman–Crippen LogP) is 5.12. The molecular weight excluding hydrogens is 534 g/mol. The van der Waals surface area contributed by atoms with Gasteiger partial charge in [-0.2, -0.15) is 17.0 Å². The number of carbonyl (C=O) groups excluding carboxylic acids is 1. The molecule has 0 saturated carbocycles. The number of imidazole rings is 1. The summed E-state index contributed by atoms with van der Waals surface area (Å²) in [6.07, 6.45) is 5.28. The summed E-state index contributed by atoms with van der Waals surface area (Å²) < 4.78 is 7.38. The van der Waals surface area contributed by atoms with E-state index in [9.17, 15) is 4.79 Å². The van der Waals surface area contributed by atoms with Crippen LogP contribution in [0.3, 0.4) is 0 Å². The molecule has 0 aliphatic carbocycles. The fourth-order valence-electron chi connectivity index (χ4n) is 4.84. The van der Waals surface area contributed by atoms with E-state index in [-0.39, 0.29) is 5.97 Å². The van der Waals surface area contributed by atoms with Crippen LogP contribution < -0.4 is 5.32 Å². The summed E-state index contributed by atoms with van der Waals surface area (Å²) in [6.45, 7) is 2.66. The van der Waals surface area contributed by atoms with Gasteiger partial charge < -0.3 is 9.30 Å². The molecule has 9 nitrogen and oxygen atoms in total. The monoisotopic (exact) mass is 567 g/mol. The Bertz CT molecular complexity index is 1380. The molecule has 39 heavy (non-hydrogen) atoms. The maximum absolute atomic E-state index is 13.3. The van der Waals surface area contributed by atoms with Crippen molar-refractivity contribution in [2.24, 2.45) is 0 Å². The van der Waals surface area contributed by atoms with Gasteiger partial charge in [-0.3, -0.25) is 5.32 Å². The van der Waals surface area contributed by atoms with Crippen molar-refractivity contribution < 1.29 is 9.53 Å². The summed E-state index contributed by atoms with van der Waals surface area (Å²) in [6, 6.07) is 16.3. The first-order chi connectivity index (χ1) is 19.0. The molecule has 0 fully saturated rings. The third-order valence-corrected chi connectivity index (χ3v) is 7.80. The smallest absolute Gasteiger partial charge is 0.332 e. The molecule has 0 bridgehead atoms. The maximum Gasteiger partial charge on any atom is 0.332 e. The van der Waals surface area contributed by atoms with Crippen LogP contribution in [0.25, 0.3) is 22.5 Å². The number of hydrogen-bond acceptors (Lipinski definition) is 8. The van der Waals surface area contributed by atoms with Gasteiger partial charge in [-0.05, 0) is 53.8 Å². The topological polar surface area (TPSA) is 111 Å². The number of aromatic amines is 1. The van der Waals surface area contributed by atoms with E-state index in [4.69, 9.17) is 21.3 Å². The lowest BCUT2D eigenvalue weighted by molar-refractivity contribution is -0.149. The molecule has 0 amide bonds. The molecule has 2 N–H and O–H groups in total. The van der Waals surface area contributed by atoms with Crippen molar-refractivity contribution in [1.82, 2.24) is 35.5 Å². The van der Waals surface area contributed by atoms with Crippen LogP contribution in [0.5, 0.6) is 0 Å². The summed E-state index contributed by atoms with van der Waals surface area (Å²) >= 11 is 8.47. The van der Waals surface area contributed by atoms with Crippen molar-refractivity contribution in [3.63, 3.8) is 0 Å². The number of rotatable bonds is 13. The van der Waals surface area contributed by atoms with Crippen LogP contribution in [0.15, 0.2) is 48.5 Å². The largest absolute Gasteiger partial charge is 0.467 e. The lowest BCUT2D eigenvalue weighted by Crippen LogP contribution is -2.50. The van der Waals surface area contributed by atoms with Crippen LogP contribution in [0, 0.1) is 0 Å².